The Balaban J connectivity index is 1.68. The van der Waals surface area contributed by atoms with E-state index in [1.165, 1.54) is 16.8 Å². The van der Waals surface area contributed by atoms with E-state index in [1.54, 1.807) is 6.20 Å². The topological polar surface area (TPSA) is 81.5 Å². The van der Waals surface area contributed by atoms with E-state index in [4.69, 9.17) is 0 Å². The maximum absolute atomic E-state index is 15.3. The highest BCUT2D eigenvalue weighted by atomic mass is 19.3. The summed E-state index contributed by atoms with van der Waals surface area (Å²) in [5, 5.41) is 12.2. The summed E-state index contributed by atoms with van der Waals surface area (Å²) in [7, 11) is 0. The van der Waals surface area contributed by atoms with Crippen molar-refractivity contribution in [3.63, 3.8) is 0 Å². The molecule has 4 aromatic rings. The summed E-state index contributed by atoms with van der Waals surface area (Å²) in [6, 6.07) is 4.64. The van der Waals surface area contributed by atoms with Gasteiger partial charge in [0.1, 0.15) is 11.5 Å². The van der Waals surface area contributed by atoms with E-state index in [0.29, 0.717) is 22.6 Å². The molecule has 1 aliphatic rings. The van der Waals surface area contributed by atoms with Gasteiger partial charge in [0.2, 0.25) is 0 Å². The SMILES string of the molecule is Cc1cc(-c2c(-c3ccc(F)cn3)nn3c2CC[C@@](F)(COC(F)F)C3)c2cn[nH]c2n1. The Kier molecular flexibility index (Phi) is 4.92. The number of alkyl halides is 3. The van der Waals surface area contributed by atoms with Gasteiger partial charge in [0.15, 0.2) is 11.3 Å². The Labute approximate surface area is 179 Å². The van der Waals surface area contributed by atoms with E-state index in [9.17, 15) is 13.2 Å². The van der Waals surface area contributed by atoms with Gasteiger partial charge in [-0.15, -0.1) is 0 Å². The van der Waals surface area contributed by atoms with E-state index in [1.807, 2.05) is 13.0 Å². The summed E-state index contributed by atoms with van der Waals surface area (Å²) in [6.07, 6.45) is 2.96. The number of rotatable bonds is 5. The molecule has 1 atom stereocenters. The summed E-state index contributed by atoms with van der Waals surface area (Å²) >= 11 is 0. The van der Waals surface area contributed by atoms with Crippen LogP contribution in [0.3, 0.4) is 0 Å². The molecule has 0 bridgehead atoms. The molecule has 0 fully saturated rings. The fourth-order valence-corrected chi connectivity index (χ4v) is 4.14. The zero-order valence-electron chi connectivity index (χ0n) is 16.9. The second kappa shape index (κ2) is 7.66. The number of aromatic nitrogens is 6. The van der Waals surface area contributed by atoms with Crippen LogP contribution >= 0.6 is 0 Å². The van der Waals surface area contributed by atoms with Crippen molar-refractivity contribution in [3.8, 4) is 22.5 Å². The van der Waals surface area contributed by atoms with Crippen LogP contribution in [0.15, 0.2) is 30.6 Å². The van der Waals surface area contributed by atoms with E-state index in [0.717, 1.165) is 28.5 Å². The Morgan fingerprint density at radius 3 is 2.88 bits per heavy atom. The molecule has 0 aromatic carbocycles. The smallest absolute Gasteiger partial charge is 0.320 e. The number of hydrogen-bond acceptors (Lipinski definition) is 5. The van der Waals surface area contributed by atoms with Gasteiger partial charge >= 0.3 is 6.61 Å². The number of H-pyrrole nitrogens is 1. The Morgan fingerprint density at radius 2 is 2.12 bits per heavy atom. The molecule has 0 spiro atoms. The molecule has 4 aromatic heterocycles. The molecule has 0 saturated heterocycles. The molecule has 5 rings (SSSR count). The lowest BCUT2D eigenvalue weighted by molar-refractivity contribution is -0.160. The van der Waals surface area contributed by atoms with Crippen molar-refractivity contribution in [3.05, 3.63) is 47.8 Å². The largest absolute Gasteiger partial charge is 0.345 e. The van der Waals surface area contributed by atoms with E-state index in [2.05, 4.69) is 30.0 Å². The first-order valence-electron chi connectivity index (χ1n) is 9.94. The first-order valence-corrected chi connectivity index (χ1v) is 9.94. The third-order valence-electron chi connectivity index (χ3n) is 5.56. The fourth-order valence-electron chi connectivity index (χ4n) is 4.14. The van der Waals surface area contributed by atoms with Crippen molar-refractivity contribution >= 4 is 11.0 Å². The maximum atomic E-state index is 15.3. The third-order valence-corrected chi connectivity index (χ3v) is 5.56. The number of halogens is 4. The monoisotopic (exact) mass is 446 g/mol. The van der Waals surface area contributed by atoms with Crippen LogP contribution < -0.4 is 0 Å². The molecule has 0 unspecified atom stereocenters. The normalized spacial score (nSPS) is 18.4. The summed E-state index contributed by atoms with van der Waals surface area (Å²) in [5.74, 6) is -0.497. The molecule has 1 aliphatic heterocycles. The molecule has 0 aliphatic carbocycles. The van der Waals surface area contributed by atoms with E-state index in [-0.39, 0.29) is 19.4 Å². The minimum atomic E-state index is -3.05. The van der Waals surface area contributed by atoms with Crippen molar-refractivity contribution in [2.75, 3.05) is 6.61 Å². The van der Waals surface area contributed by atoms with Gasteiger partial charge in [0.25, 0.3) is 0 Å². The predicted molar refractivity (Wildman–Crippen MR) is 107 cm³/mol. The number of pyridine rings is 2. The molecule has 166 valence electrons. The maximum Gasteiger partial charge on any atom is 0.345 e. The van der Waals surface area contributed by atoms with Crippen LogP contribution in [0, 0.1) is 12.7 Å². The number of nitrogens with zero attached hydrogens (tertiary/aromatic N) is 5. The molecular formula is C21H18F4N6O. The standard InChI is InChI=1S/C21H18F4N6O/c1-11-6-13(14-8-27-29-19(14)28-11)17-16-4-5-21(25,10-32-20(23)24)9-31(16)30-18(17)15-3-2-12(22)7-26-15/h2-3,6-8,20H,4-5,9-10H2,1H3,(H,27,28,29)/t21-/m0/s1. The molecule has 5 heterocycles. The van der Waals surface area contributed by atoms with Gasteiger partial charge in [-0.1, -0.05) is 0 Å². The van der Waals surface area contributed by atoms with Crippen LogP contribution in [0.25, 0.3) is 33.5 Å². The molecule has 0 saturated carbocycles. The zero-order valence-corrected chi connectivity index (χ0v) is 16.9. The van der Waals surface area contributed by atoms with Gasteiger partial charge in [-0.3, -0.25) is 14.8 Å². The third kappa shape index (κ3) is 3.62. The van der Waals surface area contributed by atoms with Crippen molar-refractivity contribution < 1.29 is 22.3 Å². The molecule has 32 heavy (non-hydrogen) atoms. The van der Waals surface area contributed by atoms with Gasteiger partial charge < -0.3 is 4.74 Å². The number of fused-ring (bicyclic) bond motifs is 2. The summed E-state index contributed by atoms with van der Waals surface area (Å²) in [6.45, 7) is -2.19. The van der Waals surface area contributed by atoms with Gasteiger partial charge in [-0.25, -0.2) is 13.8 Å². The minimum absolute atomic E-state index is 0.00665. The van der Waals surface area contributed by atoms with Crippen molar-refractivity contribution in [2.24, 2.45) is 0 Å². The predicted octanol–water partition coefficient (Wildman–Crippen LogP) is 4.22. The molecule has 0 radical (unpaired) electrons. The van der Waals surface area contributed by atoms with Crippen molar-refractivity contribution in [2.45, 2.75) is 38.6 Å². The van der Waals surface area contributed by atoms with Crippen LogP contribution in [0.5, 0.6) is 0 Å². The lowest BCUT2D eigenvalue weighted by Crippen LogP contribution is -2.40. The summed E-state index contributed by atoms with van der Waals surface area (Å²) in [4.78, 5) is 8.59. The highest BCUT2D eigenvalue weighted by Gasteiger charge is 2.39. The average Bonchev–Trinajstić information content (AvgIpc) is 3.36. The lowest BCUT2D eigenvalue weighted by Gasteiger charge is -2.30. The van der Waals surface area contributed by atoms with Crippen LogP contribution in [0.2, 0.25) is 0 Å². The second-order valence-electron chi connectivity index (χ2n) is 7.86. The highest BCUT2D eigenvalue weighted by molar-refractivity contribution is 5.97. The Hall–Kier alpha value is -3.34. The molecule has 1 N–H and O–H groups in total. The average molecular weight is 446 g/mol. The quantitative estimate of drug-likeness (QED) is 0.464. The number of nitrogens with one attached hydrogen (secondary N) is 1. The Morgan fingerprint density at radius 1 is 1.28 bits per heavy atom. The van der Waals surface area contributed by atoms with Gasteiger partial charge in [-0.05, 0) is 38.0 Å². The summed E-state index contributed by atoms with van der Waals surface area (Å²) < 4.78 is 59.5. The van der Waals surface area contributed by atoms with Gasteiger partial charge in [0.05, 0.1) is 31.2 Å². The Bertz CT molecular complexity index is 1290. The van der Waals surface area contributed by atoms with Crippen LogP contribution in [-0.2, 0) is 17.7 Å². The van der Waals surface area contributed by atoms with E-state index < -0.39 is 24.7 Å². The van der Waals surface area contributed by atoms with Crippen LogP contribution in [0.1, 0.15) is 17.8 Å². The van der Waals surface area contributed by atoms with Crippen molar-refractivity contribution in [1.29, 1.82) is 0 Å². The summed E-state index contributed by atoms with van der Waals surface area (Å²) in [5.41, 5.74) is 2.38. The first-order chi connectivity index (χ1) is 15.3. The zero-order chi connectivity index (χ0) is 22.5. The number of aromatic amines is 1. The molecule has 0 amide bonds. The van der Waals surface area contributed by atoms with E-state index >= 15 is 4.39 Å². The number of hydrogen-bond donors (Lipinski definition) is 1. The number of aryl methyl sites for hydroxylation is 1. The molecular weight excluding hydrogens is 428 g/mol. The van der Waals surface area contributed by atoms with Gasteiger partial charge in [-0.2, -0.15) is 19.0 Å². The highest BCUT2D eigenvalue weighted by Crippen LogP contribution is 2.41. The molecule has 7 nitrogen and oxygen atoms in total. The fraction of sp³-hybridized carbons (Fsp3) is 0.333. The van der Waals surface area contributed by atoms with Crippen LogP contribution in [0.4, 0.5) is 17.6 Å². The first kappa shape index (κ1) is 20.6. The molecule has 11 heteroatoms. The minimum Gasteiger partial charge on any atom is -0.320 e. The van der Waals surface area contributed by atoms with Gasteiger partial charge in [0, 0.05) is 27.9 Å². The number of ether oxygens (including phenoxy) is 1. The lowest BCUT2D eigenvalue weighted by atomic mass is 9.91. The van der Waals surface area contributed by atoms with Crippen molar-refractivity contribution in [1.82, 2.24) is 29.9 Å². The van der Waals surface area contributed by atoms with Crippen LogP contribution in [-0.4, -0.2) is 48.8 Å². The second-order valence-corrected chi connectivity index (χ2v) is 7.86.